The molecule has 0 unspecified atom stereocenters. The first kappa shape index (κ1) is 22.4. The van der Waals surface area contributed by atoms with E-state index in [0.29, 0.717) is 24.9 Å². The quantitative estimate of drug-likeness (QED) is 0.606. The molecule has 1 fully saturated rings. The molecule has 156 valence electrons. The Balaban J connectivity index is 1.71. The number of benzene rings is 1. The summed E-state index contributed by atoms with van der Waals surface area (Å²) in [6.07, 6.45) is 4.38. The van der Waals surface area contributed by atoms with Gasteiger partial charge in [0.25, 0.3) is 0 Å². The van der Waals surface area contributed by atoms with E-state index < -0.39 is 5.97 Å². The number of amides is 1. The Hall–Kier alpha value is -1.92. The third-order valence-corrected chi connectivity index (χ3v) is 5.77. The Morgan fingerprint density at radius 1 is 1.18 bits per heavy atom. The highest BCUT2D eigenvalue weighted by molar-refractivity contribution is 5.73. The fourth-order valence-corrected chi connectivity index (χ4v) is 3.64. The van der Waals surface area contributed by atoms with E-state index in [1.807, 2.05) is 11.8 Å². The Bertz CT molecular complexity index is 624. The number of carbonyl (C=O) groups is 2. The SMILES string of the molecule is C[C@@H](CCC(N)=O)[C@@H](C)OCc1ccc(CC2CCN(CC(=O)O)CC2)cc1. The van der Waals surface area contributed by atoms with Gasteiger partial charge in [-0.2, -0.15) is 0 Å². The van der Waals surface area contributed by atoms with Crippen LogP contribution in [-0.2, 0) is 27.4 Å². The molecule has 0 aromatic heterocycles. The van der Waals surface area contributed by atoms with E-state index in [2.05, 4.69) is 31.2 Å². The Morgan fingerprint density at radius 3 is 2.36 bits per heavy atom. The maximum atomic E-state index is 10.9. The average Bonchev–Trinajstić information content (AvgIpc) is 2.66. The Morgan fingerprint density at radius 2 is 1.79 bits per heavy atom. The number of primary amides is 1. The molecule has 3 N–H and O–H groups in total. The van der Waals surface area contributed by atoms with Crippen molar-refractivity contribution in [1.29, 1.82) is 0 Å². The first-order valence-electron chi connectivity index (χ1n) is 10.3. The monoisotopic (exact) mass is 390 g/mol. The number of carboxylic acid groups (broad SMARTS) is 1. The van der Waals surface area contributed by atoms with Crippen LogP contribution in [0.15, 0.2) is 24.3 Å². The van der Waals surface area contributed by atoms with Gasteiger partial charge in [0.05, 0.1) is 19.3 Å². The molecule has 6 heteroatoms. The summed E-state index contributed by atoms with van der Waals surface area (Å²) in [5, 5.41) is 8.88. The van der Waals surface area contributed by atoms with Crippen LogP contribution in [0.3, 0.4) is 0 Å². The third-order valence-electron chi connectivity index (χ3n) is 5.77. The number of hydrogen-bond donors (Lipinski definition) is 2. The van der Waals surface area contributed by atoms with Crippen LogP contribution >= 0.6 is 0 Å². The van der Waals surface area contributed by atoms with Crippen molar-refractivity contribution in [3.05, 3.63) is 35.4 Å². The average molecular weight is 391 g/mol. The molecule has 28 heavy (non-hydrogen) atoms. The molecule has 1 aliphatic rings. The van der Waals surface area contributed by atoms with Crippen LogP contribution in [0.2, 0.25) is 0 Å². The lowest BCUT2D eigenvalue weighted by atomic mass is 9.90. The van der Waals surface area contributed by atoms with E-state index >= 15 is 0 Å². The zero-order valence-electron chi connectivity index (χ0n) is 17.1. The molecule has 0 spiro atoms. The van der Waals surface area contributed by atoms with Gasteiger partial charge in [-0.3, -0.25) is 14.5 Å². The van der Waals surface area contributed by atoms with Crippen molar-refractivity contribution in [3.8, 4) is 0 Å². The molecule has 0 radical (unpaired) electrons. The second-order valence-electron chi connectivity index (χ2n) is 8.13. The van der Waals surface area contributed by atoms with Crippen LogP contribution in [0.25, 0.3) is 0 Å². The molecule has 6 nitrogen and oxygen atoms in total. The van der Waals surface area contributed by atoms with Gasteiger partial charge in [0.2, 0.25) is 5.91 Å². The number of piperidine rings is 1. The lowest BCUT2D eigenvalue weighted by Crippen LogP contribution is -2.37. The van der Waals surface area contributed by atoms with E-state index in [1.165, 1.54) is 5.56 Å². The highest BCUT2D eigenvalue weighted by Crippen LogP contribution is 2.22. The number of aliphatic carboxylic acids is 1. The van der Waals surface area contributed by atoms with Gasteiger partial charge in [0, 0.05) is 6.42 Å². The number of likely N-dealkylation sites (tertiary alicyclic amines) is 1. The standard InChI is InChI=1S/C22H34N2O4/c1-16(3-8-21(23)25)17(2)28-15-20-6-4-18(5-7-20)13-19-9-11-24(12-10-19)14-22(26)27/h4-7,16-17,19H,3,8-15H2,1-2H3,(H2,23,25)(H,26,27)/t16-,17+/m0/s1. The summed E-state index contributed by atoms with van der Waals surface area (Å²) < 4.78 is 5.95. The summed E-state index contributed by atoms with van der Waals surface area (Å²) in [7, 11) is 0. The Labute approximate surface area is 168 Å². The van der Waals surface area contributed by atoms with E-state index in [0.717, 1.165) is 44.3 Å². The van der Waals surface area contributed by atoms with Crippen molar-refractivity contribution in [2.45, 2.75) is 58.7 Å². The van der Waals surface area contributed by atoms with E-state index in [4.69, 9.17) is 15.6 Å². The molecule has 1 aromatic carbocycles. The van der Waals surface area contributed by atoms with Crippen molar-refractivity contribution >= 4 is 11.9 Å². The summed E-state index contributed by atoms with van der Waals surface area (Å²) in [4.78, 5) is 23.7. The maximum absolute atomic E-state index is 10.9. The normalized spacial score (nSPS) is 17.9. The summed E-state index contributed by atoms with van der Waals surface area (Å²) in [5.41, 5.74) is 7.68. The number of carboxylic acids is 1. The van der Waals surface area contributed by atoms with Crippen molar-refractivity contribution in [3.63, 3.8) is 0 Å². The molecule has 2 rings (SSSR count). The Kier molecular flexibility index (Phi) is 8.93. The van der Waals surface area contributed by atoms with Gasteiger partial charge < -0.3 is 15.6 Å². The summed E-state index contributed by atoms with van der Waals surface area (Å²) >= 11 is 0. The number of rotatable bonds is 11. The molecule has 1 saturated heterocycles. The lowest BCUT2D eigenvalue weighted by Gasteiger charge is -2.30. The van der Waals surface area contributed by atoms with Crippen LogP contribution in [0, 0.1) is 11.8 Å². The molecule has 0 saturated carbocycles. The predicted octanol–water partition coefficient (Wildman–Crippen LogP) is 2.83. The van der Waals surface area contributed by atoms with Crippen LogP contribution < -0.4 is 5.73 Å². The van der Waals surface area contributed by atoms with Gasteiger partial charge >= 0.3 is 5.97 Å². The van der Waals surface area contributed by atoms with Crippen molar-refractivity contribution in [2.75, 3.05) is 19.6 Å². The van der Waals surface area contributed by atoms with Gasteiger partial charge in [-0.15, -0.1) is 0 Å². The fraction of sp³-hybridized carbons (Fsp3) is 0.636. The van der Waals surface area contributed by atoms with Gasteiger partial charge in [-0.1, -0.05) is 31.2 Å². The fourth-order valence-electron chi connectivity index (χ4n) is 3.64. The van der Waals surface area contributed by atoms with Crippen molar-refractivity contribution in [1.82, 2.24) is 4.90 Å². The molecule has 1 aliphatic heterocycles. The summed E-state index contributed by atoms with van der Waals surface area (Å²) in [6.45, 7) is 6.58. The minimum Gasteiger partial charge on any atom is -0.480 e. The molecule has 0 aliphatic carbocycles. The minimum atomic E-state index is -0.743. The maximum Gasteiger partial charge on any atom is 0.317 e. The smallest absolute Gasteiger partial charge is 0.317 e. The van der Waals surface area contributed by atoms with Crippen LogP contribution in [-0.4, -0.2) is 47.6 Å². The molecule has 2 atom stereocenters. The van der Waals surface area contributed by atoms with Crippen molar-refractivity contribution < 1.29 is 19.4 Å². The minimum absolute atomic E-state index is 0.0787. The third kappa shape index (κ3) is 7.98. The van der Waals surface area contributed by atoms with Gasteiger partial charge in [-0.05, 0) is 68.7 Å². The topological polar surface area (TPSA) is 92.9 Å². The lowest BCUT2D eigenvalue weighted by molar-refractivity contribution is -0.138. The molecule has 0 bridgehead atoms. The van der Waals surface area contributed by atoms with Crippen LogP contribution in [0.1, 0.15) is 50.7 Å². The van der Waals surface area contributed by atoms with E-state index in [9.17, 15) is 9.59 Å². The first-order valence-corrected chi connectivity index (χ1v) is 10.3. The zero-order valence-corrected chi connectivity index (χ0v) is 17.1. The molecular weight excluding hydrogens is 356 g/mol. The largest absolute Gasteiger partial charge is 0.480 e. The van der Waals surface area contributed by atoms with Gasteiger partial charge in [0.15, 0.2) is 0 Å². The number of hydrogen-bond acceptors (Lipinski definition) is 4. The zero-order chi connectivity index (χ0) is 20.5. The van der Waals surface area contributed by atoms with E-state index in [-0.39, 0.29) is 18.6 Å². The highest BCUT2D eigenvalue weighted by Gasteiger charge is 2.21. The summed E-state index contributed by atoms with van der Waals surface area (Å²) in [6, 6.07) is 8.58. The second-order valence-corrected chi connectivity index (χ2v) is 8.13. The van der Waals surface area contributed by atoms with Gasteiger partial charge in [-0.25, -0.2) is 0 Å². The number of ether oxygens (including phenoxy) is 1. The molecular formula is C22H34N2O4. The predicted molar refractivity (Wildman–Crippen MR) is 109 cm³/mol. The number of carbonyl (C=O) groups excluding carboxylic acids is 1. The highest BCUT2D eigenvalue weighted by atomic mass is 16.5. The van der Waals surface area contributed by atoms with Crippen LogP contribution in [0.4, 0.5) is 0 Å². The number of nitrogens with zero attached hydrogens (tertiary/aromatic N) is 1. The van der Waals surface area contributed by atoms with Crippen LogP contribution in [0.5, 0.6) is 0 Å². The van der Waals surface area contributed by atoms with E-state index in [1.54, 1.807) is 0 Å². The second kappa shape index (κ2) is 11.2. The number of nitrogens with two attached hydrogens (primary N) is 1. The van der Waals surface area contributed by atoms with Gasteiger partial charge in [0.1, 0.15) is 0 Å². The first-order chi connectivity index (χ1) is 13.3. The summed E-state index contributed by atoms with van der Waals surface area (Å²) in [5.74, 6) is -0.0907. The molecule has 1 amide bonds. The molecule has 1 heterocycles. The molecule has 1 aromatic rings. The van der Waals surface area contributed by atoms with Crippen molar-refractivity contribution in [2.24, 2.45) is 17.6 Å².